The molecular formula is C12H7Cl2FO. The molecule has 0 aromatic heterocycles. The average molecular weight is 257 g/mol. The molecule has 0 saturated heterocycles. The molecule has 0 radical (unpaired) electrons. The standard InChI is InChI=1S/C12H7Cl2FO/c13-8-4-2-5-9(14)11(8)7-3-1-6-10(16)12(7)15/h1-6,16H. The van der Waals surface area contributed by atoms with E-state index in [1.54, 1.807) is 18.2 Å². The van der Waals surface area contributed by atoms with Crippen LogP contribution in [0.5, 0.6) is 5.75 Å². The van der Waals surface area contributed by atoms with Crippen molar-refractivity contribution in [3.8, 4) is 16.9 Å². The van der Waals surface area contributed by atoms with Crippen molar-refractivity contribution in [1.82, 2.24) is 0 Å². The molecule has 1 N–H and O–H groups in total. The summed E-state index contributed by atoms with van der Waals surface area (Å²) in [5, 5.41) is 9.97. The lowest BCUT2D eigenvalue weighted by Crippen LogP contribution is -1.87. The zero-order valence-corrected chi connectivity index (χ0v) is 9.56. The van der Waals surface area contributed by atoms with Gasteiger partial charge in [0, 0.05) is 21.2 Å². The fourth-order valence-electron chi connectivity index (χ4n) is 1.47. The van der Waals surface area contributed by atoms with E-state index in [0.717, 1.165) is 0 Å². The molecule has 0 heterocycles. The summed E-state index contributed by atoms with van der Waals surface area (Å²) in [5.74, 6) is -1.15. The number of rotatable bonds is 1. The second-order valence-corrected chi connectivity index (χ2v) is 4.05. The van der Waals surface area contributed by atoms with E-state index in [2.05, 4.69) is 0 Å². The summed E-state index contributed by atoms with van der Waals surface area (Å²) >= 11 is 11.9. The number of aromatic hydroxyl groups is 1. The lowest BCUT2D eigenvalue weighted by atomic mass is 10.0. The van der Waals surface area contributed by atoms with Crippen molar-refractivity contribution in [2.24, 2.45) is 0 Å². The van der Waals surface area contributed by atoms with Gasteiger partial charge in [0.25, 0.3) is 0 Å². The predicted octanol–water partition coefficient (Wildman–Crippen LogP) is 4.51. The van der Waals surface area contributed by atoms with Gasteiger partial charge in [-0.3, -0.25) is 0 Å². The van der Waals surface area contributed by atoms with Gasteiger partial charge in [0.15, 0.2) is 11.6 Å². The molecule has 82 valence electrons. The molecule has 2 rings (SSSR count). The van der Waals surface area contributed by atoms with Gasteiger partial charge in [-0.1, -0.05) is 41.4 Å². The number of phenols is 1. The smallest absolute Gasteiger partial charge is 0.172 e. The Morgan fingerprint density at radius 3 is 2.12 bits per heavy atom. The second-order valence-electron chi connectivity index (χ2n) is 3.24. The molecule has 16 heavy (non-hydrogen) atoms. The van der Waals surface area contributed by atoms with Crippen LogP contribution in [-0.4, -0.2) is 5.11 Å². The van der Waals surface area contributed by atoms with Crippen molar-refractivity contribution in [3.63, 3.8) is 0 Å². The third-order valence-corrected chi connectivity index (χ3v) is 2.84. The fraction of sp³-hybridized carbons (Fsp3) is 0. The summed E-state index contributed by atoms with van der Waals surface area (Å²) in [4.78, 5) is 0. The Kier molecular flexibility index (Phi) is 3.03. The maximum atomic E-state index is 13.7. The zero-order chi connectivity index (χ0) is 11.7. The molecule has 0 unspecified atom stereocenters. The summed E-state index contributed by atoms with van der Waals surface area (Å²) in [6, 6.07) is 9.23. The van der Waals surface area contributed by atoms with E-state index in [1.165, 1.54) is 18.2 Å². The average Bonchev–Trinajstić information content (AvgIpc) is 2.24. The molecule has 0 fully saturated rings. The largest absolute Gasteiger partial charge is 0.505 e. The van der Waals surface area contributed by atoms with E-state index in [1.807, 2.05) is 0 Å². The lowest BCUT2D eigenvalue weighted by molar-refractivity contribution is 0.433. The zero-order valence-electron chi connectivity index (χ0n) is 8.05. The lowest BCUT2D eigenvalue weighted by Gasteiger charge is -2.08. The molecule has 0 spiro atoms. The van der Waals surface area contributed by atoms with Crippen molar-refractivity contribution in [1.29, 1.82) is 0 Å². The highest BCUT2D eigenvalue weighted by Crippen LogP contribution is 2.37. The fourth-order valence-corrected chi connectivity index (χ4v) is 2.07. The van der Waals surface area contributed by atoms with Gasteiger partial charge in [0.1, 0.15) is 0 Å². The van der Waals surface area contributed by atoms with Gasteiger partial charge < -0.3 is 5.11 Å². The monoisotopic (exact) mass is 256 g/mol. The Morgan fingerprint density at radius 2 is 1.50 bits per heavy atom. The summed E-state index contributed by atoms with van der Waals surface area (Å²) in [6.45, 7) is 0. The molecule has 4 heteroatoms. The number of phenolic OH excluding ortho intramolecular Hbond substituents is 1. The van der Waals surface area contributed by atoms with Gasteiger partial charge >= 0.3 is 0 Å². The first kappa shape index (κ1) is 11.2. The third-order valence-electron chi connectivity index (χ3n) is 2.21. The summed E-state index contributed by atoms with van der Waals surface area (Å²) < 4.78 is 13.7. The van der Waals surface area contributed by atoms with E-state index < -0.39 is 11.6 Å². The van der Waals surface area contributed by atoms with Gasteiger partial charge in [-0.2, -0.15) is 0 Å². The van der Waals surface area contributed by atoms with Crippen LogP contribution in [0.1, 0.15) is 0 Å². The van der Waals surface area contributed by atoms with Crippen LogP contribution < -0.4 is 0 Å². The van der Waals surface area contributed by atoms with E-state index >= 15 is 0 Å². The van der Waals surface area contributed by atoms with Gasteiger partial charge in [0.2, 0.25) is 0 Å². The Bertz CT molecular complexity index is 520. The maximum Gasteiger partial charge on any atom is 0.172 e. The minimum absolute atomic E-state index is 0.190. The molecule has 0 amide bonds. The van der Waals surface area contributed by atoms with E-state index in [4.69, 9.17) is 23.2 Å². The van der Waals surface area contributed by atoms with Crippen LogP contribution in [0, 0.1) is 5.82 Å². The van der Waals surface area contributed by atoms with Crippen LogP contribution in [0.3, 0.4) is 0 Å². The van der Waals surface area contributed by atoms with Crippen LogP contribution in [0.15, 0.2) is 36.4 Å². The van der Waals surface area contributed by atoms with Crippen molar-refractivity contribution in [3.05, 3.63) is 52.3 Å². The second kappa shape index (κ2) is 4.32. The van der Waals surface area contributed by atoms with Crippen LogP contribution in [0.2, 0.25) is 10.0 Å². The summed E-state index contributed by atoms with van der Waals surface area (Å²) in [6.07, 6.45) is 0. The first-order valence-electron chi connectivity index (χ1n) is 4.53. The predicted molar refractivity (Wildman–Crippen MR) is 63.5 cm³/mol. The SMILES string of the molecule is Oc1cccc(-c2c(Cl)cccc2Cl)c1F. The van der Waals surface area contributed by atoms with E-state index in [0.29, 0.717) is 15.6 Å². The molecule has 0 aliphatic heterocycles. The molecular weight excluding hydrogens is 250 g/mol. The van der Waals surface area contributed by atoms with Crippen molar-refractivity contribution in [2.45, 2.75) is 0 Å². The molecule has 0 bridgehead atoms. The van der Waals surface area contributed by atoms with Crippen molar-refractivity contribution in [2.75, 3.05) is 0 Å². The van der Waals surface area contributed by atoms with Crippen LogP contribution >= 0.6 is 23.2 Å². The van der Waals surface area contributed by atoms with E-state index in [-0.39, 0.29) is 5.56 Å². The van der Waals surface area contributed by atoms with Crippen molar-refractivity contribution < 1.29 is 9.50 Å². The highest BCUT2D eigenvalue weighted by Gasteiger charge is 2.14. The first-order chi connectivity index (χ1) is 7.61. The minimum atomic E-state index is -0.725. The molecule has 2 aromatic rings. The number of hydrogen-bond donors (Lipinski definition) is 1. The Labute approximate surface area is 102 Å². The van der Waals surface area contributed by atoms with Gasteiger partial charge in [-0.05, 0) is 18.2 Å². The first-order valence-corrected chi connectivity index (χ1v) is 5.28. The summed E-state index contributed by atoms with van der Waals surface area (Å²) in [7, 11) is 0. The Morgan fingerprint density at radius 1 is 0.938 bits per heavy atom. The van der Waals surface area contributed by atoms with Gasteiger partial charge in [-0.25, -0.2) is 4.39 Å². The molecule has 0 aliphatic rings. The maximum absolute atomic E-state index is 13.7. The van der Waals surface area contributed by atoms with Gasteiger partial charge in [0.05, 0.1) is 0 Å². The van der Waals surface area contributed by atoms with Gasteiger partial charge in [-0.15, -0.1) is 0 Å². The molecule has 0 aliphatic carbocycles. The topological polar surface area (TPSA) is 20.2 Å². The van der Waals surface area contributed by atoms with Crippen LogP contribution in [-0.2, 0) is 0 Å². The Hall–Kier alpha value is -1.25. The number of hydrogen-bond acceptors (Lipinski definition) is 1. The van der Waals surface area contributed by atoms with Crippen LogP contribution in [0.25, 0.3) is 11.1 Å². The quantitative estimate of drug-likeness (QED) is 0.797. The highest BCUT2D eigenvalue weighted by molar-refractivity contribution is 6.39. The summed E-state index contributed by atoms with van der Waals surface area (Å²) in [5.41, 5.74) is 0.579. The molecule has 0 atom stereocenters. The number of halogens is 3. The minimum Gasteiger partial charge on any atom is -0.505 e. The molecule has 2 aromatic carbocycles. The normalized spacial score (nSPS) is 10.4. The number of benzene rings is 2. The van der Waals surface area contributed by atoms with Crippen LogP contribution in [0.4, 0.5) is 4.39 Å². The molecule has 1 nitrogen and oxygen atoms in total. The van der Waals surface area contributed by atoms with Crippen molar-refractivity contribution >= 4 is 23.2 Å². The van der Waals surface area contributed by atoms with E-state index in [9.17, 15) is 9.50 Å². The Balaban J connectivity index is 2.73. The molecule has 0 saturated carbocycles. The highest BCUT2D eigenvalue weighted by atomic mass is 35.5. The third kappa shape index (κ3) is 1.86.